The van der Waals surface area contributed by atoms with Gasteiger partial charge in [-0.3, -0.25) is 0 Å². The lowest BCUT2D eigenvalue weighted by molar-refractivity contribution is 0.421. The minimum absolute atomic E-state index is 0. The van der Waals surface area contributed by atoms with Crippen molar-refractivity contribution in [2.45, 2.75) is 71.6 Å². The standard InChI is InChI=1S/C18H31NO.ClH/c1-17(2,3)14-11-10-13(9-7-8-12-19)15(16(14)20)18(4,5)6;/h10-11,20H,7-9,12,19H2,1-6H3;1H. The maximum Gasteiger partial charge on any atom is 0.123 e. The number of rotatable bonds is 4. The lowest BCUT2D eigenvalue weighted by Crippen LogP contribution is -2.19. The SMILES string of the molecule is CC(C)(C)c1ccc(CCCCN)c(C(C)(C)C)c1O.Cl. The van der Waals surface area contributed by atoms with Gasteiger partial charge in [0.05, 0.1) is 0 Å². The maximum absolute atomic E-state index is 10.8. The molecule has 0 amide bonds. The van der Waals surface area contributed by atoms with Crippen molar-refractivity contribution in [2.24, 2.45) is 5.73 Å². The number of phenolic OH excluding ortho intramolecular Hbond substituents is 1. The summed E-state index contributed by atoms with van der Waals surface area (Å²) in [4.78, 5) is 0. The van der Waals surface area contributed by atoms with Crippen LogP contribution in [0.3, 0.4) is 0 Å². The number of phenols is 1. The predicted octanol–water partition coefficient (Wildman–Crippen LogP) is 4.69. The van der Waals surface area contributed by atoms with Crippen LogP contribution in [0.2, 0.25) is 0 Å². The molecule has 1 aromatic rings. The monoisotopic (exact) mass is 313 g/mol. The molecule has 3 N–H and O–H groups in total. The van der Waals surface area contributed by atoms with Crippen molar-refractivity contribution in [1.82, 2.24) is 0 Å². The van der Waals surface area contributed by atoms with Gasteiger partial charge in [0.15, 0.2) is 0 Å². The van der Waals surface area contributed by atoms with Gasteiger partial charge in [-0.15, -0.1) is 12.4 Å². The first-order valence-corrected chi connectivity index (χ1v) is 7.65. The summed E-state index contributed by atoms with van der Waals surface area (Å²) >= 11 is 0. The van der Waals surface area contributed by atoms with Crippen LogP contribution in [0.25, 0.3) is 0 Å². The quantitative estimate of drug-likeness (QED) is 0.792. The maximum atomic E-state index is 10.8. The van der Waals surface area contributed by atoms with Gasteiger partial charge < -0.3 is 10.8 Å². The summed E-state index contributed by atoms with van der Waals surface area (Å²) in [5.74, 6) is 0.482. The molecule has 0 aliphatic heterocycles. The van der Waals surface area contributed by atoms with Crippen LogP contribution < -0.4 is 5.73 Å². The summed E-state index contributed by atoms with van der Waals surface area (Å²) in [6.07, 6.45) is 3.10. The van der Waals surface area contributed by atoms with E-state index in [-0.39, 0.29) is 23.2 Å². The van der Waals surface area contributed by atoms with Crippen molar-refractivity contribution < 1.29 is 5.11 Å². The molecule has 1 aromatic carbocycles. The van der Waals surface area contributed by atoms with Gasteiger partial charge in [-0.2, -0.15) is 0 Å². The number of halogens is 1. The number of unbranched alkanes of at least 4 members (excludes halogenated alkanes) is 1. The molecule has 0 atom stereocenters. The molecule has 0 aromatic heterocycles. The highest BCUT2D eigenvalue weighted by Crippen LogP contribution is 2.41. The minimum Gasteiger partial charge on any atom is -0.507 e. The molecule has 0 heterocycles. The molecule has 0 saturated carbocycles. The molecule has 3 heteroatoms. The molecule has 0 spiro atoms. The normalized spacial score (nSPS) is 12.1. The Morgan fingerprint density at radius 2 is 1.52 bits per heavy atom. The zero-order valence-electron chi connectivity index (χ0n) is 14.4. The Bertz CT molecular complexity index is 456. The van der Waals surface area contributed by atoms with Gasteiger partial charge in [0.1, 0.15) is 5.75 Å². The van der Waals surface area contributed by atoms with E-state index in [0.29, 0.717) is 5.75 Å². The fraction of sp³-hybridized carbons (Fsp3) is 0.667. The van der Waals surface area contributed by atoms with Gasteiger partial charge in [0, 0.05) is 5.56 Å². The van der Waals surface area contributed by atoms with E-state index in [9.17, 15) is 5.11 Å². The Hall–Kier alpha value is -0.730. The Morgan fingerprint density at radius 3 is 1.95 bits per heavy atom. The van der Waals surface area contributed by atoms with Crippen LogP contribution in [0, 0.1) is 0 Å². The predicted molar refractivity (Wildman–Crippen MR) is 94.7 cm³/mol. The van der Waals surface area contributed by atoms with Gasteiger partial charge in [0.2, 0.25) is 0 Å². The first-order chi connectivity index (χ1) is 9.09. The molecule has 0 bridgehead atoms. The van der Waals surface area contributed by atoms with Crippen LogP contribution in [0.5, 0.6) is 5.75 Å². The third-order valence-electron chi connectivity index (χ3n) is 3.72. The number of hydrogen-bond donors (Lipinski definition) is 2. The van der Waals surface area contributed by atoms with Crippen LogP contribution in [0.4, 0.5) is 0 Å². The summed E-state index contributed by atoms with van der Waals surface area (Å²) in [6, 6.07) is 4.28. The lowest BCUT2D eigenvalue weighted by Gasteiger charge is -2.29. The zero-order chi connectivity index (χ0) is 15.6. The Balaban J connectivity index is 0.00000400. The Kier molecular flexibility index (Phi) is 7.25. The molecule has 1 rings (SSSR count). The fourth-order valence-electron chi connectivity index (χ4n) is 2.74. The molecule has 2 nitrogen and oxygen atoms in total. The number of aromatic hydroxyl groups is 1. The van der Waals surface area contributed by atoms with Crippen LogP contribution in [0.15, 0.2) is 12.1 Å². The molecular weight excluding hydrogens is 282 g/mol. The van der Waals surface area contributed by atoms with Crippen molar-refractivity contribution in [2.75, 3.05) is 6.54 Å². The van der Waals surface area contributed by atoms with E-state index in [1.165, 1.54) is 5.56 Å². The molecule has 0 unspecified atom stereocenters. The van der Waals surface area contributed by atoms with Crippen LogP contribution in [-0.4, -0.2) is 11.7 Å². The largest absolute Gasteiger partial charge is 0.507 e. The van der Waals surface area contributed by atoms with Gasteiger partial charge >= 0.3 is 0 Å². The van der Waals surface area contributed by atoms with Crippen LogP contribution in [0.1, 0.15) is 71.1 Å². The third kappa shape index (κ3) is 5.19. The third-order valence-corrected chi connectivity index (χ3v) is 3.72. The van der Waals surface area contributed by atoms with Crippen molar-refractivity contribution in [3.8, 4) is 5.75 Å². The smallest absolute Gasteiger partial charge is 0.123 e. The second-order valence-corrected chi connectivity index (χ2v) is 7.74. The summed E-state index contributed by atoms with van der Waals surface area (Å²) in [7, 11) is 0. The molecule has 0 aliphatic rings. The molecule has 0 fully saturated rings. The second-order valence-electron chi connectivity index (χ2n) is 7.74. The molecule has 0 saturated heterocycles. The highest BCUT2D eigenvalue weighted by atomic mass is 35.5. The van der Waals surface area contributed by atoms with Crippen LogP contribution >= 0.6 is 12.4 Å². The molecule has 21 heavy (non-hydrogen) atoms. The number of aryl methyl sites for hydroxylation is 1. The fourth-order valence-corrected chi connectivity index (χ4v) is 2.74. The first-order valence-electron chi connectivity index (χ1n) is 7.65. The first kappa shape index (κ1) is 20.3. The van der Waals surface area contributed by atoms with E-state index in [0.717, 1.165) is 36.9 Å². The van der Waals surface area contributed by atoms with E-state index in [1.54, 1.807) is 0 Å². The Labute approximate surface area is 136 Å². The second kappa shape index (κ2) is 7.51. The van der Waals surface area contributed by atoms with E-state index in [1.807, 2.05) is 0 Å². The van der Waals surface area contributed by atoms with Crippen molar-refractivity contribution in [3.05, 3.63) is 28.8 Å². The summed E-state index contributed by atoms with van der Waals surface area (Å²) < 4.78 is 0. The van der Waals surface area contributed by atoms with Crippen molar-refractivity contribution in [1.29, 1.82) is 0 Å². The van der Waals surface area contributed by atoms with Gasteiger partial charge in [-0.25, -0.2) is 0 Å². The van der Waals surface area contributed by atoms with Gasteiger partial charge in [-0.1, -0.05) is 53.7 Å². The highest BCUT2D eigenvalue weighted by molar-refractivity contribution is 5.85. The number of benzene rings is 1. The highest BCUT2D eigenvalue weighted by Gasteiger charge is 2.27. The summed E-state index contributed by atoms with van der Waals surface area (Å²) in [6.45, 7) is 13.7. The summed E-state index contributed by atoms with van der Waals surface area (Å²) in [5, 5.41) is 10.8. The van der Waals surface area contributed by atoms with Crippen molar-refractivity contribution >= 4 is 12.4 Å². The van der Waals surface area contributed by atoms with Crippen molar-refractivity contribution in [3.63, 3.8) is 0 Å². The summed E-state index contributed by atoms with van der Waals surface area (Å²) in [5.41, 5.74) is 8.88. The average Bonchev–Trinajstić information content (AvgIpc) is 2.25. The number of hydrogen-bond acceptors (Lipinski definition) is 2. The molecule has 0 radical (unpaired) electrons. The van der Waals surface area contributed by atoms with E-state index < -0.39 is 0 Å². The molecular formula is C18H32ClNO. The van der Waals surface area contributed by atoms with E-state index in [4.69, 9.17) is 5.73 Å². The molecule has 0 aliphatic carbocycles. The Morgan fingerprint density at radius 1 is 0.952 bits per heavy atom. The minimum atomic E-state index is -0.0522. The van der Waals surface area contributed by atoms with Gasteiger partial charge in [0.25, 0.3) is 0 Å². The van der Waals surface area contributed by atoms with E-state index in [2.05, 4.69) is 53.7 Å². The zero-order valence-corrected chi connectivity index (χ0v) is 15.2. The topological polar surface area (TPSA) is 46.2 Å². The van der Waals surface area contributed by atoms with E-state index >= 15 is 0 Å². The lowest BCUT2D eigenvalue weighted by atomic mass is 9.76. The van der Waals surface area contributed by atoms with Crippen LogP contribution in [-0.2, 0) is 17.3 Å². The van der Waals surface area contributed by atoms with Gasteiger partial charge in [-0.05, 0) is 47.8 Å². The molecule has 122 valence electrons. The average molecular weight is 314 g/mol. The number of nitrogens with two attached hydrogens (primary N) is 1.